The molecule has 8 heteroatoms. The molecule has 18 heavy (non-hydrogen) atoms. The summed E-state index contributed by atoms with van der Waals surface area (Å²) in [5.41, 5.74) is 0.780. The van der Waals surface area contributed by atoms with E-state index in [1.54, 1.807) is 18.4 Å². The van der Waals surface area contributed by atoms with E-state index in [9.17, 15) is 9.59 Å². The third-order valence-electron chi connectivity index (χ3n) is 1.84. The fraction of sp³-hybridized carbons (Fsp3) is 0.100. The molecular formula is C10H9N5O2S. The summed E-state index contributed by atoms with van der Waals surface area (Å²) in [7, 11) is 0. The third-order valence-corrected chi connectivity index (χ3v) is 2.71. The highest BCUT2D eigenvalue weighted by Gasteiger charge is 2.16. The Balaban J connectivity index is 1.95. The van der Waals surface area contributed by atoms with E-state index in [1.807, 2.05) is 0 Å². The van der Waals surface area contributed by atoms with Crippen molar-refractivity contribution < 1.29 is 9.59 Å². The average Bonchev–Trinajstić information content (AvgIpc) is 2.76. The number of aromatic nitrogens is 3. The van der Waals surface area contributed by atoms with Crippen molar-refractivity contribution in [1.29, 1.82) is 0 Å². The number of amides is 2. The van der Waals surface area contributed by atoms with E-state index < -0.39 is 11.8 Å². The molecule has 7 nitrogen and oxygen atoms in total. The molecule has 0 atom stereocenters. The number of nitrogens with one attached hydrogen (secondary N) is 2. The van der Waals surface area contributed by atoms with Gasteiger partial charge in [0.25, 0.3) is 0 Å². The van der Waals surface area contributed by atoms with E-state index >= 15 is 0 Å². The van der Waals surface area contributed by atoms with Crippen LogP contribution in [0.4, 0.5) is 11.1 Å². The van der Waals surface area contributed by atoms with E-state index in [-0.39, 0.29) is 5.95 Å². The quantitative estimate of drug-likeness (QED) is 0.782. The largest absolute Gasteiger partial charge is 0.316 e. The number of carbonyl (C=O) groups excluding carboxylic acids is 2. The first-order chi connectivity index (χ1) is 8.65. The minimum Gasteiger partial charge on any atom is -0.294 e. The predicted molar refractivity (Wildman–Crippen MR) is 66.1 cm³/mol. The average molecular weight is 263 g/mol. The molecule has 2 heterocycles. The summed E-state index contributed by atoms with van der Waals surface area (Å²) < 4.78 is 0. The lowest BCUT2D eigenvalue weighted by atomic mass is 10.5. The maximum Gasteiger partial charge on any atom is 0.316 e. The molecule has 2 amide bonds. The van der Waals surface area contributed by atoms with Crippen LogP contribution in [0, 0.1) is 6.92 Å². The maximum absolute atomic E-state index is 11.5. The van der Waals surface area contributed by atoms with Crippen LogP contribution in [-0.4, -0.2) is 26.8 Å². The van der Waals surface area contributed by atoms with Gasteiger partial charge in [-0.25, -0.2) is 15.0 Å². The van der Waals surface area contributed by atoms with Crippen molar-refractivity contribution in [2.45, 2.75) is 6.92 Å². The molecule has 0 bridgehead atoms. The van der Waals surface area contributed by atoms with Crippen molar-refractivity contribution in [1.82, 2.24) is 15.0 Å². The Bertz CT molecular complexity index is 569. The van der Waals surface area contributed by atoms with Crippen molar-refractivity contribution in [3.63, 3.8) is 0 Å². The Kier molecular flexibility index (Phi) is 3.58. The SMILES string of the molecule is Cc1csc(NC(=O)C(=O)Nc2ncccn2)n1. The number of hydrogen-bond acceptors (Lipinski definition) is 6. The second-order valence-corrected chi connectivity index (χ2v) is 4.13. The van der Waals surface area contributed by atoms with Gasteiger partial charge in [-0.3, -0.25) is 20.2 Å². The molecule has 2 aromatic heterocycles. The van der Waals surface area contributed by atoms with Crippen molar-refractivity contribution in [3.8, 4) is 0 Å². The smallest absolute Gasteiger partial charge is 0.294 e. The molecular weight excluding hydrogens is 254 g/mol. The summed E-state index contributed by atoms with van der Waals surface area (Å²) in [6.07, 6.45) is 2.93. The zero-order valence-corrected chi connectivity index (χ0v) is 10.2. The summed E-state index contributed by atoms with van der Waals surface area (Å²) >= 11 is 1.25. The molecule has 2 N–H and O–H groups in total. The summed E-state index contributed by atoms with van der Waals surface area (Å²) in [5, 5.41) is 6.80. The third kappa shape index (κ3) is 3.08. The Morgan fingerprint density at radius 3 is 2.44 bits per heavy atom. The van der Waals surface area contributed by atoms with Crippen LogP contribution in [0.3, 0.4) is 0 Å². The highest BCUT2D eigenvalue weighted by Crippen LogP contribution is 2.14. The van der Waals surface area contributed by atoms with E-state index in [0.29, 0.717) is 5.13 Å². The molecule has 0 aromatic carbocycles. The zero-order valence-electron chi connectivity index (χ0n) is 9.38. The molecule has 0 spiro atoms. The van der Waals surface area contributed by atoms with Crippen LogP contribution in [0.2, 0.25) is 0 Å². The van der Waals surface area contributed by atoms with Gasteiger partial charge < -0.3 is 0 Å². The molecule has 0 aliphatic carbocycles. The van der Waals surface area contributed by atoms with Gasteiger partial charge in [0, 0.05) is 17.8 Å². The van der Waals surface area contributed by atoms with E-state index in [0.717, 1.165) is 5.69 Å². The monoisotopic (exact) mass is 263 g/mol. The summed E-state index contributed by atoms with van der Waals surface area (Å²) in [6.45, 7) is 1.80. The number of carbonyl (C=O) groups is 2. The van der Waals surface area contributed by atoms with E-state index in [4.69, 9.17) is 0 Å². The van der Waals surface area contributed by atoms with Crippen LogP contribution in [-0.2, 0) is 9.59 Å². The fourth-order valence-electron chi connectivity index (χ4n) is 1.09. The van der Waals surface area contributed by atoms with Crippen LogP contribution < -0.4 is 10.6 Å². The number of hydrogen-bond donors (Lipinski definition) is 2. The minimum atomic E-state index is -0.839. The molecule has 0 aliphatic heterocycles. The van der Waals surface area contributed by atoms with Gasteiger partial charge in [-0.2, -0.15) is 0 Å². The Morgan fingerprint density at radius 2 is 1.83 bits per heavy atom. The zero-order chi connectivity index (χ0) is 13.0. The van der Waals surface area contributed by atoms with Crippen LogP contribution >= 0.6 is 11.3 Å². The predicted octanol–water partition coefficient (Wildman–Crippen LogP) is 0.819. The summed E-state index contributed by atoms with van der Waals surface area (Å²) in [6, 6.07) is 1.61. The number of aryl methyl sites for hydroxylation is 1. The molecule has 0 radical (unpaired) electrons. The standard InChI is InChI=1S/C10H9N5O2S/c1-6-5-18-10(13-6)15-8(17)7(16)14-9-11-3-2-4-12-9/h2-5H,1H3,(H,13,15,17)(H,11,12,14,16). The number of nitrogens with zero attached hydrogens (tertiary/aromatic N) is 3. The number of thiazole rings is 1. The van der Waals surface area contributed by atoms with E-state index in [1.165, 1.54) is 23.7 Å². The number of rotatable bonds is 2. The maximum atomic E-state index is 11.5. The second kappa shape index (κ2) is 5.32. The van der Waals surface area contributed by atoms with Gasteiger partial charge in [-0.1, -0.05) is 0 Å². The Hall–Kier alpha value is -2.35. The topological polar surface area (TPSA) is 96.9 Å². The van der Waals surface area contributed by atoms with Gasteiger partial charge in [0.2, 0.25) is 5.95 Å². The fourth-order valence-corrected chi connectivity index (χ4v) is 1.77. The van der Waals surface area contributed by atoms with Crippen LogP contribution in [0.5, 0.6) is 0 Å². The van der Waals surface area contributed by atoms with Crippen molar-refractivity contribution >= 4 is 34.2 Å². The van der Waals surface area contributed by atoms with Crippen molar-refractivity contribution in [3.05, 3.63) is 29.5 Å². The molecule has 0 fully saturated rings. The van der Waals surface area contributed by atoms with Crippen LogP contribution in [0.15, 0.2) is 23.8 Å². The minimum absolute atomic E-state index is 0.0768. The van der Waals surface area contributed by atoms with E-state index in [2.05, 4.69) is 25.6 Å². The van der Waals surface area contributed by atoms with Gasteiger partial charge in [0.1, 0.15) is 0 Å². The molecule has 92 valence electrons. The first-order valence-corrected chi connectivity index (χ1v) is 5.84. The highest BCUT2D eigenvalue weighted by atomic mass is 32.1. The molecule has 0 aliphatic rings. The summed E-state index contributed by atoms with van der Waals surface area (Å²) in [5.74, 6) is -1.57. The highest BCUT2D eigenvalue weighted by molar-refractivity contribution is 7.14. The molecule has 2 rings (SSSR count). The van der Waals surface area contributed by atoms with Gasteiger partial charge in [-0.05, 0) is 13.0 Å². The molecule has 0 unspecified atom stereocenters. The Labute approximate surface area is 106 Å². The molecule has 0 saturated carbocycles. The first kappa shape index (κ1) is 12.1. The van der Waals surface area contributed by atoms with Gasteiger partial charge in [-0.15, -0.1) is 11.3 Å². The molecule has 2 aromatic rings. The first-order valence-electron chi connectivity index (χ1n) is 4.96. The van der Waals surface area contributed by atoms with Gasteiger partial charge in [0.15, 0.2) is 5.13 Å². The van der Waals surface area contributed by atoms with Crippen LogP contribution in [0.1, 0.15) is 5.69 Å². The lowest BCUT2D eigenvalue weighted by molar-refractivity contribution is -0.133. The van der Waals surface area contributed by atoms with Gasteiger partial charge >= 0.3 is 11.8 Å². The lowest BCUT2D eigenvalue weighted by Gasteiger charge is -2.02. The number of anilines is 2. The van der Waals surface area contributed by atoms with Crippen molar-refractivity contribution in [2.75, 3.05) is 10.6 Å². The summed E-state index contributed by atoms with van der Waals surface area (Å²) in [4.78, 5) is 34.6. The Morgan fingerprint density at radius 1 is 1.17 bits per heavy atom. The molecule has 0 saturated heterocycles. The second-order valence-electron chi connectivity index (χ2n) is 3.27. The van der Waals surface area contributed by atoms with Crippen LogP contribution in [0.25, 0.3) is 0 Å². The van der Waals surface area contributed by atoms with Gasteiger partial charge in [0.05, 0.1) is 5.69 Å². The normalized spacial score (nSPS) is 9.83. The van der Waals surface area contributed by atoms with Crippen molar-refractivity contribution in [2.24, 2.45) is 0 Å². The lowest BCUT2D eigenvalue weighted by Crippen LogP contribution is -2.29.